The average Bonchev–Trinajstić information content (AvgIpc) is 2.48. The second-order valence-corrected chi connectivity index (χ2v) is 5.59. The van der Waals surface area contributed by atoms with E-state index < -0.39 is 0 Å². The third-order valence-corrected chi connectivity index (χ3v) is 3.45. The fourth-order valence-corrected chi connectivity index (χ4v) is 2.57. The Morgan fingerprint density at radius 3 is 2.60 bits per heavy atom. The van der Waals surface area contributed by atoms with Crippen LogP contribution < -0.4 is 5.32 Å². The van der Waals surface area contributed by atoms with Crippen molar-refractivity contribution in [1.82, 2.24) is 5.32 Å². The summed E-state index contributed by atoms with van der Waals surface area (Å²) in [7, 11) is 0. The molecule has 20 heavy (non-hydrogen) atoms. The number of rotatable bonds is 2. The van der Waals surface area contributed by atoms with Gasteiger partial charge in [-0.3, -0.25) is 14.9 Å². The average molecular weight is 269 g/mol. The first-order chi connectivity index (χ1) is 9.39. The molecule has 104 valence electrons. The van der Waals surface area contributed by atoms with Crippen LogP contribution in [0.15, 0.2) is 59.3 Å². The maximum absolute atomic E-state index is 12.1. The molecule has 0 aromatic heterocycles. The zero-order valence-electron chi connectivity index (χ0n) is 12.1. The number of hydrogen-bond acceptors (Lipinski definition) is 2. The van der Waals surface area contributed by atoms with Crippen LogP contribution in [0.1, 0.15) is 27.2 Å². The van der Waals surface area contributed by atoms with Gasteiger partial charge in [-0.15, -0.1) is 6.58 Å². The molecule has 0 aromatic carbocycles. The second-order valence-electron chi connectivity index (χ2n) is 5.59. The minimum absolute atomic E-state index is 0.169. The van der Waals surface area contributed by atoms with Crippen molar-refractivity contribution in [1.29, 1.82) is 0 Å². The van der Waals surface area contributed by atoms with Crippen molar-refractivity contribution in [3.63, 3.8) is 0 Å². The van der Waals surface area contributed by atoms with Crippen molar-refractivity contribution < 1.29 is 9.59 Å². The van der Waals surface area contributed by atoms with E-state index in [1.165, 1.54) is 0 Å². The molecule has 1 heterocycles. The van der Waals surface area contributed by atoms with Crippen molar-refractivity contribution in [3.8, 4) is 0 Å². The van der Waals surface area contributed by atoms with Crippen LogP contribution in [-0.2, 0) is 9.59 Å². The van der Waals surface area contributed by atoms with Gasteiger partial charge in [0.15, 0.2) is 0 Å². The van der Waals surface area contributed by atoms with Gasteiger partial charge in [-0.25, -0.2) is 0 Å². The van der Waals surface area contributed by atoms with Crippen LogP contribution in [0.3, 0.4) is 0 Å². The zero-order valence-corrected chi connectivity index (χ0v) is 12.1. The van der Waals surface area contributed by atoms with Gasteiger partial charge in [0.05, 0.1) is 0 Å². The summed E-state index contributed by atoms with van der Waals surface area (Å²) in [6.07, 6.45) is 10.1. The molecule has 1 N–H and O–H groups in total. The Kier molecular flexibility index (Phi) is 3.62. The first-order valence-electron chi connectivity index (χ1n) is 6.68. The van der Waals surface area contributed by atoms with Crippen LogP contribution in [0, 0.1) is 5.41 Å². The number of imide groups is 1. The van der Waals surface area contributed by atoms with Crippen LogP contribution >= 0.6 is 0 Å². The summed E-state index contributed by atoms with van der Waals surface area (Å²) in [5.74, 6) is -0.668. The predicted molar refractivity (Wildman–Crippen MR) is 79.8 cm³/mol. The van der Waals surface area contributed by atoms with Crippen LogP contribution in [-0.4, -0.2) is 11.8 Å². The summed E-state index contributed by atoms with van der Waals surface area (Å²) in [4.78, 5) is 24.1. The molecular weight excluding hydrogens is 250 g/mol. The van der Waals surface area contributed by atoms with Gasteiger partial charge in [-0.2, -0.15) is 0 Å². The van der Waals surface area contributed by atoms with Crippen LogP contribution in [0.4, 0.5) is 0 Å². The van der Waals surface area contributed by atoms with Crippen LogP contribution in [0.2, 0.25) is 0 Å². The molecule has 0 unspecified atom stereocenters. The van der Waals surface area contributed by atoms with Crippen LogP contribution in [0.5, 0.6) is 0 Å². The van der Waals surface area contributed by atoms with Gasteiger partial charge in [-0.1, -0.05) is 44.2 Å². The zero-order chi connectivity index (χ0) is 14.9. The van der Waals surface area contributed by atoms with Gasteiger partial charge in [0.25, 0.3) is 11.8 Å². The monoisotopic (exact) mass is 269 g/mol. The fourth-order valence-electron chi connectivity index (χ4n) is 2.57. The van der Waals surface area contributed by atoms with E-state index >= 15 is 0 Å². The molecule has 0 spiro atoms. The van der Waals surface area contributed by atoms with Crippen molar-refractivity contribution in [2.45, 2.75) is 27.2 Å². The van der Waals surface area contributed by atoms with Gasteiger partial charge < -0.3 is 0 Å². The molecule has 0 saturated carbocycles. The van der Waals surface area contributed by atoms with Crippen molar-refractivity contribution in [2.75, 3.05) is 0 Å². The van der Waals surface area contributed by atoms with Crippen molar-refractivity contribution in [3.05, 3.63) is 59.3 Å². The fraction of sp³-hybridized carbons (Fsp3) is 0.294. The Hall–Kier alpha value is -2.16. The highest BCUT2D eigenvalue weighted by molar-refractivity contribution is 6.18. The van der Waals surface area contributed by atoms with E-state index in [2.05, 4.69) is 31.8 Å². The van der Waals surface area contributed by atoms with Gasteiger partial charge in [-0.05, 0) is 18.9 Å². The summed E-state index contributed by atoms with van der Waals surface area (Å²) in [6, 6.07) is 0. The van der Waals surface area contributed by atoms with E-state index in [9.17, 15) is 9.59 Å². The maximum atomic E-state index is 12.1. The summed E-state index contributed by atoms with van der Waals surface area (Å²) >= 11 is 0. The summed E-state index contributed by atoms with van der Waals surface area (Å²) in [5.41, 5.74) is 2.65. The van der Waals surface area contributed by atoms with Crippen molar-refractivity contribution >= 4 is 11.8 Å². The normalized spacial score (nSPS) is 23.1. The lowest BCUT2D eigenvalue weighted by molar-refractivity contribution is -0.126. The molecule has 3 heteroatoms. The van der Waals surface area contributed by atoms with Crippen molar-refractivity contribution in [2.24, 2.45) is 5.41 Å². The molecule has 0 bridgehead atoms. The molecule has 0 saturated heterocycles. The lowest BCUT2D eigenvalue weighted by atomic mass is 9.85. The van der Waals surface area contributed by atoms with E-state index in [1.807, 2.05) is 12.2 Å². The molecule has 0 radical (unpaired) electrons. The first-order valence-corrected chi connectivity index (χ1v) is 6.68. The lowest BCUT2D eigenvalue weighted by Crippen LogP contribution is -2.38. The van der Waals surface area contributed by atoms with Gasteiger partial charge in [0, 0.05) is 22.1 Å². The smallest absolute Gasteiger partial charge is 0.258 e. The van der Waals surface area contributed by atoms with E-state index in [0.717, 1.165) is 11.1 Å². The molecule has 1 aliphatic heterocycles. The number of carbonyl (C=O) groups excluding carboxylic acids is 2. The van der Waals surface area contributed by atoms with Gasteiger partial charge >= 0.3 is 0 Å². The highest BCUT2D eigenvalue weighted by atomic mass is 16.2. The molecular formula is C17H19NO2. The summed E-state index contributed by atoms with van der Waals surface area (Å²) in [5, 5.41) is 2.39. The third kappa shape index (κ3) is 2.44. The Morgan fingerprint density at radius 2 is 2.00 bits per heavy atom. The quantitative estimate of drug-likeness (QED) is 0.476. The number of nitrogens with one attached hydrogen (secondary N) is 1. The number of amides is 2. The summed E-state index contributed by atoms with van der Waals surface area (Å²) in [6.45, 7) is 9.72. The number of carbonyl (C=O) groups is 2. The molecule has 0 atom stereocenters. The lowest BCUT2D eigenvalue weighted by Gasteiger charge is -2.22. The second kappa shape index (κ2) is 5.08. The molecule has 2 rings (SSSR count). The first kappa shape index (κ1) is 14.3. The Morgan fingerprint density at radius 1 is 1.30 bits per heavy atom. The van der Waals surface area contributed by atoms with E-state index in [-0.39, 0.29) is 17.2 Å². The Bertz CT molecular complexity index is 613. The topological polar surface area (TPSA) is 46.2 Å². The number of allylic oxidation sites excluding steroid dienone is 5. The molecule has 2 aliphatic rings. The number of hydrogen-bond donors (Lipinski definition) is 1. The van der Waals surface area contributed by atoms with Crippen LogP contribution in [0.25, 0.3) is 0 Å². The SMILES string of the molecule is C=CCC1=CC(C)(C)C=CC2=C1/C(=C\C)C(=O)NC2=O. The van der Waals surface area contributed by atoms with E-state index in [1.54, 1.807) is 19.1 Å². The standard InChI is InChI=1S/C17H19NO2/c1-5-7-11-10-17(3,4)9-8-13-14(11)12(6-2)15(19)18-16(13)20/h5-6,8-10H,1,7H2,2-4H3,(H,18,19,20)/b12-6+. The van der Waals surface area contributed by atoms with Gasteiger partial charge in [0.1, 0.15) is 0 Å². The van der Waals surface area contributed by atoms with E-state index in [4.69, 9.17) is 0 Å². The molecule has 2 amide bonds. The minimum Gasteiger partial charge on any atom is -0.288 e. The molecule has 0 fully saturated rings. The Balaban J connectivity index is 2.73. The van der Waals surface area contributed by atoms with E-state index in [0.29, 0.717) is 17.6 Å². The Labute approximate surface area is 119 Å². The largest absolute Gasteiger partial charge is 0.288 e. The third-order valence-electron chi connectivity index (χ3n) is 3.45. The molecule has 3 nitrogen and oxygen atoms in total. The summed E-state index contributed by atoms with van der Waals surface area (Å²) < 4.78 is 0. The minimum atomic E-state index is -0.334. The predicted octanol–water partition coefficient (Wildman–Crippen LogP) is 2.98. The highest BCUT2D eigenvalue weighted by Crippen LogP contribution is 2.36. The maximum Gasteiger partial charge on any atom is 0.258 e. The molecule has 0 aromatic rings. The highest BCUT2D eigenvalue weighted by Gasteiger charge is 2.32. The van der Waals surface area contributed by atoms with Gasteiger partial charge in [0.2, 0.25) is 0 Å². The molecule has 1 aliphatic carbocycles.